The number of benzene rings is 1. The first-order valence-corrected chi connectivity index (χ1v) is 17.9. The van der Waals surface area contributed by atoms with Gasteiger partial charge in [-0.15, -0.1) is 0 Å². The van der Waals surface area contributed by atoms with Crippen LogP contribution in [0.4, 0.5) is 0 Å². The van der Waals surface area contributed by atoms with Crippen LogP contribution in [0.5, 0.6) is 0 Å². The molecule has 4 fully saturated rings. The van der Waals surface area contributed by atoms with Crippen molar-refractivity contribution in [3.8, 4) is 0 Å². The summed E-state index contributed by atoms with van der Waals surface area (Å²) in [6, 6.07) is 6.66. The van der Waals surface area contributed by atoms with Crippen molar-refractivity contribution in [3.05, 3.63) is 42.0 Å². The summed E-state index contributed by atoms with van der Waals surface area (Å²) >= 11 is 0. The minimum absolute atomic E-state index is 0.0400. The Morgan fingerprint density at radius 1 is 1.02 bits per heavy atom. The number of hydrogen-bond acceptors (Lipinski definition) is 8. The van der Waals surface area contributed by atoms with E-state index in [0.29, 0.717) is 25.9 Å². The van der Waals surface area contributed by atoms with E-state index in [1.54, 1.807) is 24.3 Å². The Kier molecular flexibility index (Phi) is 11.5. The first kappa shape index (κ1) is 32.8. The first-order valence-electron chi connectivity index (χ1n) is 16.5. The number of Topliss-reactive ketones (excluding diaryl/α,β-unsaturated/α-hetero) is 1. The molecule has 0 bridgehead atoms. The molecule has 0 aromatic heterocycles. The molecule has 0 N–H and O–H groups in total. The molecule has 0 spiro atoms. The highest BCUT2D eigenvalue weighted by molar-refractivity contribution is 7.86. The highest BCUT2D eigenvalue weighted by Gasteiger charge is 2.59. The molecule has 4 aliphatic rings. The van der Waals surface area contributed by atoms with E-state index in [2.05, 4.69) is 19.1 Å². The lowest BCUT2D eigenvalue weighted by Gasteiger charge is -2.30. The fourth-order valence-corrected chi connectivity index (χ4v) is 8.28. The lowest BCUT2D eigenvalue weighted by atomic mass is 9.78. The van der Waals surface area contributed by atoms with Crippen LogP contribution in [0.15, 0.2) is 41.3 Å². The molecule has 43 heavy (non-hydrogen) atoms. The largest absolute Gasteiger partial charge is 0.353 e. The third-order valence-electron chi connectivity index (χ3n) is 9.67. The van der Waals surface area contributed by atoms with Crippen molar-refractivity contribution in [1.29, 1.82) is 0 Å². The molecule has 0 amide bonds. The fraction of sp³-hybridized carbons (Fsp3) is 0.735. The van der Waals surface area contributed by atoms with Crippen molar-refractivity contribution in [3.63, 3.8) is 0 Å². The molecule has 1 aromatic carbocycles. The molecule has 1 aromatic rings. The van der Waals surface area contributed by atoms with E-state index in [4.69, 9.17) is 23.1 Å². The van der Waals surface area contributed by atoms with Gasteiger partial charge in [-0.2, -0.15) is 8.42 Å². The number of aryl methyl sites for hydroxylation is 1. The average Bonchev–Trinajstić information content (AvgIpc) is 3.46. The molecule has 5 rings (SSSR count). The maximum absolute atomic E-state index is 13.2. The Labute approximate surface area is 258 Å². The summed E-state index contributed by atoms with van der Waals surface area (Å²) in [5, 5.41) is 0. The van der Waals surface area contributed by atoms with Crippen LogP contribution in [-0.4, -0.2) is 58.8 Å². The van der Waals surface area contributed by atoms with Gasteiger partial charge in [-0.05, 0) is 76.3 Å². The minimum atomic E-state index is -3.97. The first-order chi connectivity index (χ1) is 20.8. The zero-order chi connectivity index (χ0) is 30.3. The molecular formula is C34H50O8S. The second-order valence-corrected chi connectivity index (χ2v) is 14.6. The molecular weight excluding hydrogens is 568 g/mol. The molecule has 9 heteroatoms. The molecule has 8 nitrogen and oxygen atoms in total. The zero-order valence-corrected chi connectivity index (χ0v) is 26.7. The van der Waals surface area contributed by atoms with E-state index in [1.165, 1.54) is 0 Å². The molecule has 2 saturated carbocycles. The number of carbonyl (C=O) groups excluding carboxylic acids is 1. The van der Waals surface area contributed by atoms with Crippen LogP contribution in [0.25, 0.3) is 0 Å². The van der Waals surface area contributed by atoms with Crippen molar-refractivity contribution >= 4 is 15.9 Å². The number of fused-ring (bicyclic) bond motifs is 1. The summed E-state index contributed by atoms with van der Waals surface area (Å²) < 4.78 is 57.0. The van der Waals surface area contributed by atoms with E-state index in [-0.39, 0.29) is 53.9 Å². The van der Waals surface area contributed by atoms with Crippen molar-refractivity contribution in [2.75, 3.05) is 19.8 Å². The SMILES string of the molecule is CCCCC[C@H](C=C[C@@H]1[C@H]2CC(=O)C[C@@]2(COS(=O)(=O)c2ccc(C)cc2)C[C@H]1OC1CCCCO1)OC1CCCCO1. The Hall–Kier alpha value is -1.62. The van der Waals surface area contributed by atoms with Gasteiger partial charge in [-0.3, -0.25) is 8.98 Å². The monoisotopic (exact) mass is 618 g/mol. The Morgan fingerprint density at radius 2 is 1.74 bits per heavy atom. The number of ether oxygens (including phenoxy) is 4. The third kappa shape index (κ3) is 8.56. The van der Waals surface area contributed by atoms with E-state index in [1.807, 2.05) is 6.92 Å². The van der Waals surface area contributed by atoms with E-state index in [0.717, 1.165) is 76.4 Å². The van der Waals surface area contributed by atoms with Crippen LogP contribution in [-0.2, 0) is 38.0 Å². The molecule has 2 aliphatic carbocycles. The van der Waals surface area contributed by atoms with Crippen LogP contribution in [0, 0.1) is 24.2 Å². The summed E-state index contributed by atoms with van der Waals surface area (Å²) in [7, 11) is -3.97. The molecule has 2 saturated heterocycles. The number of ketones is 1. The molecule has 240 valence electrons. The van der Waals surface area contributed by atoms with Crippen LogP contribution < -0.4 is 0 Å². The molecule has 2 heterocycles. The molecule has 2 unspecified atom stereocenters. The number of unbranched alkanes of at least 4 members (excludes halogenated alkanes) is 2. The maximum atomic E-state index is 13.2. The standard InChI is InChI=1S/C34H50O8S/c1-3-4-5-10-27(41-32-11-6-8-19-38-32)15-18-29-30-21-26(35)22-34(30,23-31(29)42-33-12-7-9-20-39-33)24-40-43(36,37)28-16-13-25(2)14-17-28/h13-18,27,29-33H,3-12,19-24H2,1-2H3/t27-,29-,30-,31-,32?,33?,34+/m1/s1. The predicted molar refractivity (Wildman–Crippen MR) is 163 cm³/mol. The van der Waals surface area contributed by atoms with Crippen molar-refractivity contribution in [2.45, 2.75) is 127 Å². The predicted octanol–water partition coefficient (Wildman–Crippen LogP) is 6.65. The Balaban J connectivity index is 1.36. The van der Waals surface area contributed by atoms with E-state index >= 15 is 0 Å². The maximum Gasteiger partial charge on any atom is 0.296 e. The van der Waals surface area contributed by atoms with Gasteiger partial charge in [0.05, 0.1) is 23.7 Å². The second kappa shape index (κ2) is 15.1. The smallest absolute Gasteiger partial charge is 0.296 e. The van der Waals surface area contributed by atoms with Gasteiger partial charge in [0.2, 0.25) is 0 Å². The number of hydrogen-bond donors (Lipinski definition) is 0. The summed E-state index contributed by atoms with van der Waals surface area (Å²) in [5.74, 6) is -0.00839. The molecule has 0 radical (unpaired) electrons. The highest BCUT2D eigenvalue weighted by atomic mass is 32.2. The van der Waals surface area contributed by atoms with Crippen LogP contribution in [0.3, 0.4) is 0 Å². The Bertz CT molecular complexity index is 1170. The number of rotatable bonds is 14. The summed E-state index contributed by atoms with van der Waals surface area (Å²) in [4.78, 5) is 13.1. The summed E-state index contributed by atoms with van der Waals surface area (Å²) in [6.45, 7) is 5.48. The van der Waals surface area contributed by atoms with Gasteiger partial charge in [0.1, 0.15) is 5.78 Å². The van der Waals surface area contributed by atoms with Crippen LogP contribution in [0.1, 0.15) is 96.0 Å². The van der Waals surface area contributed by atoms with Gasteiger partial charge in [-0.25, -0.2) is 0 Å². The summed E-state index contributed by atoms with van der Waals surface area (Å²) in [6.07, 6.45) is 15.0. The minimum Gasteiger partial charge on any atom is -0.353 e. The van der Waals surface area contributed by atoms with Gasteiger partial charge < -0.3 is 18.9 Å². The van der Waals surface area contributed by atoms with E-state index < -0.39 is 15.5 Å². The summed E-state index contributed by atoms with van der Waals surface area (Å²) in [5.41, 5.74) is 0.357. The normalized spacial score (nSPS) is 32.3. The lowest BCUT2D eigenvalue weighted by molar-refractivity contribution is -0.194. The highest BCUT2D eigenvalue weighted by Crippen LogP contribution is 2.57. The van der Waals surface area contributed by atoms with Crippen LogP contribution >= 0.6 is 0 Å². The van der Waals surface area contributed by atoms with Gasteiger partial charge in [0, 0.05) is 37.4 Å². The van der Waals surface area contributed by atoms with Crippen LogP contribution in [0.2, 0.25) is 0 Å². The van der Waals surface area contributed by atoms with Gasteiger partial charge in [0.25, 0.3) is 10.1 Å². The topological polar surface area (TPSA) is 97.4 Å². The van der Waals surface area contributed by atoms with E-state index in [9.17, 15) is 13.2 Å². The van der Waals surface area contributed by atoms with Gasteiger partial charge >= 0.3 is 0 Å². The third-order valence-corrected chi connectivity index (χ3v) is 10.9. The van der Waals surface area contributed by atoms with Crippen molar-refractivity contribution in [1.82, 2.24) is 0 Å². The van der Waals surface area contributed by atoms with Crippen molar-refractivity contribution < 1.29 is 36.3 Å². The second-order valence-electron chi connectivity index (χ2n) is 13.0. The average molecular weight is 619 g/mol. The van der Waals surface area contributed by atoms with Gasteiger partial charge in [0.15, 0.2) is 12.6 Å². The fourth-order valence-electron chi connectivity index (χ4n) is 7.29. The zero-order valence-electron chi connectivity index (χ0n) is 25.9. The molecule has 7 atom stereocenters. The lowest BCUT2D eigenvalue weighted by Crippen LogP contribution is -2.31. The number of carbonyl (C=O) groups is 1. The van der Waals surface area contributed by atoms with Crippen molar-refractivity contribution in [2.24, 2.45) is 17.3 Å². The van der Waals surface area contributed by atoms with Gasteiger partial charge in [-0.1, -0.05) is 56.0 Å². The Morgan fingerprint density at radius 3 is 2.42 bits per heavy atom. The molecule has 2 aliphatic heterocycles. The quantitative estimate of drug-likeness (QED) is 0.130.